The molecule has 0 saturated carbocycles. The van der Waals surface area contributed by atoms with Crippen molar-refractivity contribution >= 4 is 11.9 Å². The van der Waals surface area contributed by atoms with Gasteiger partial charge in [-0.3, -0.25) is 4.79 Å². The van der Waals surface area contributed by atoms with Crippen LogP contribution in [0.15, 0.2) is 0 Å². The summed E-state index contributed by atoms with van der Waals surface area (Å²) >= 11 is 0. The number of hydrogen-bond donors (Lipinski definition) is 2. The fourth-order valence-corrected chi connectivity index (χ4v) is 2.26. The molecular weight excluding hydrogens is 240 g/mol. The number of aliphatic carboxylic acids is 1. The van der Waals surface area contributed by atoms with Gasteiger partial charge >= 0.3 is 5.97 Å². The molecule has 2 rings (SSSR count). The number of nitrogens with two attached hydrogens (primary N) is 1. The average molecular weight is 258 g/mol. The molecular formula is C11H18N2O5. The lowest BCUT2D eigenvalue weighted by Gasteiger charge is -2.32. The third-order valence-electron chi connectivity index (χ3n) is 3.30. The van der Waals surface area contributed by atoms with Crippen LogP contribution in [0.2, 0.25) is 0 Å². The minimum Gasteiger partial charge on any atom is -0.479 e. The smallest absolute Gasteiger partial charge is 0.334 e. The maximum absolute atomic E-state index is 12.1. The van der Waals surface area contributed by atoms with E-state index in [1.54, 1.807) is 0 Å². The molecule has 0 bridgehead atoms. The lowest BCUT2D eigenvalue weighted by atomic mass is 10.1. The maximum atomic E-state index is 12.1. The lowest BCUT2D eigenvalue weighted by Crippen LogP contribution is -2.51. The van der Waals surface area contributed by atoms with Gasteiger partial charge in [-0.1, -0.05) is 0 Å². The first-order valence-corrected chi connectivity index (χ1v) is 6.10. The summed E-state index contributed by atoms with van der Waals surface area (Å²) in [6.45, 7) is 1.15. The fraction of sp³-hybridized carbons (Fsp3) is 0.818. The zero-order chi connectivity index (χ0) is 13.1. The van der Waals surface area contributed by atoms with Crippen LogP contribution in [0, 0.1) is 0 Å². The second-order valence-corrected chi connectivity index (χ2v) is 4.54. The van der Waals surface area contributed by atoms with Crippen molar-refractivity contribution in [2.75, 3.05) is 26.2 Å². The summed E-state index contributed by atoms with van der Waals surface area (Å²) in [4.78, 5) is 24.5. The van der Waals surface area contributed by atoms with E-state index in [2.05, 4.69) is 0 Å². The third kappa shape index (κ3) is 2.80. The summed E-state index contributed by atoms with van der Waals surface area (Å²) in [5, 5.41) is 8.87. The first kappa shape index (κ1) is 13.3. The minimum atomic E-state index is -1.04. The van der Waals surface area contributed by atoms with Crippen molar-refractivity contribution in [3.05, 3.63) is 0 Å². The van der Waals surface area contributed by atoms with Gasteiger partial charge < -0.3 is 25.2 Å². The van der Waals surface area contributed by atoms with Crippen LogP contribution in [0.25, 0.3) is 0 Å². The molecule has 3 N–H and O–H groups in total. The van der Waals surface area contributed by atoms with Gasteiger partial charge in [0.1, 0.15) is 6.10 Å². The van der Waals surface area contributed by atoms with E-state index < -0.39 is 18.2 Å². The normalized spacial score (nSPS) is 32.5. The molecule has 2 aliphatic heterocycles. The van der Waals surface area contributed by atoms with Crippen LogP contribution in [0.4, 0.5) is 0 Å². The van der Waals surface area contributed by atoms with Crippen LogP contribution >= 0.6 is 0 Å². The van der Waals surface area contributed by atoms with Gasteiger partial charge in [0.05, 0.1) is 19.3 Å². The van der Waals surface area contributed by atoms with Gasteiger partial charge in [0.2, 0.25) is 0 Å². The highest BCUT2D eigenvalue weighted by molar-refractivity contribution is 5.82. The molecule has 0 aromatic rings. The molecule has 2 aliphatic rings. The number of carbonyl (C=O) groups is 2. The summed E-state index contributed by atoms with van der Waals surface area (Å²) in [7, 11) is 0. The number of nitrogens with zero attached hydrogens (tertiary/aromatic N) is 1. The molecule has 0 aromatic carbocycles. The topological polar surface area (TPSA) is 102 Å². The van der Waals surface area contributed by atoms with Crippen LogP contribution in [-0.4, -0.2) is 66.4 Å². The average Bonchev–Trinajstić information content (AvgIpc) is 2.86. The quantitative estimate of drug-likeness (QED) is 0.659. The molecule has 7 nitrogen and oxygen atoms in total. The van der Waals surface area contributed by atoms with Crippen molar-refractivity contribution in [1.29, 1.82) is 0 Å². The molecule has 1 amide bonds. The highest BCUT2D eigenvalue weighted by Gasteiger charge is 2.36. The van der Waals surface area contributed by atoms with Gasteiger partial charge in [-0.15, -0.1) is 0 Å². The van der Waals surface area contributed by atoms with Crippen molar-refractivity contribution in [3.63, 3.8) is 0 Å². The first-order chi connectivity index (χ1) is 8.61. The van der Waals surface area contributed by atoms with Crippen molar-refractivity contribution in [2.24, 2.45) is 5.73 Å². The highest BCUT2D eigenvalue weighted by atomic mass is 16.5. The van der Waals surface area contributed by atoms with Gasteiger partial charge in [-0.05, 0) is 12.8 Å². The molecule has 0 aliphatic carbocycles. The Balaban J connectivity index is 1.91. The molecule has 0 spiro atoms. The monoisotopic (exact) mass is 258 g/mol. The van der Waals surface area contributed by atoms with Crippen LogP contribution in [0.1, 0.15) is 12.8 Å². The number of carboxylic acid groups (broad SMARTS) is 1. The van der Waals surface area contributed by atoms with E-state index in [0.717, 1.165) is 6.42 Å². The van der Waals surface area contributed by atoms with E-state index >= 15 is 0 Å². The summed E-state index contributed by atoms with van der Waals surface area (Å²) in [5.74, 6) is -1.19. The molecule has 2 fully saturated rings. The fourth-order valence-electron chi connectivity index (χ4n) is 2.26. The molecule has 3 atom stereocenters. The van der Waals surface area contributed by atoms with E-state index in [1.165, 1.54) is 4.90 Å². The van der Waals surface area contributed by atoms with Crippen molar-refractivity contribution < 1.29 is 24.2 Å². The van der Waals surface area contributed by atoms with Crippen LogP contribution in [0.3, 0.4) is 0 Å². The number of amides is 1. The van der Waals surface area contributed by atoms with Crippen LogP contribution < -0.4 is 5.73 Å². The van der Waals surface area contributed by atoms with E-state index in [-0.39, 0.29) is 25.2 Å². The SMILES string of the molecule is NCC1CCC(C(=O)N2CCOC(C(=O)O)C2)O1. The Morgan fingerprint density at radius 1 is 1.33 bits per heavy atom. The predicted molar refractivity (Wildman–Crippen MR) is 60.9 cm³/mol. The van der Waals surface area contributed by atoms with Gasteiger partial charge in [0, 0.05) is 13.1 Å². The molecule has 0 aromatic heterocycles. The Hall–Kier alpha value is -1.18. The molecule has 3 unspecified atom stereocenters. The summed E-state index contributed by atoms with van der Waals surface area (Å²) in [6, 6.07) is 0. The highest BCUT2D eigenvalue weighted by Crippen LogP contribution is 2.21. The number of hydrogen-bond acceptors (Lipinski definition) is 5. The predicted octanol–water partition coefficient (Wildman–Crippen LogP) is -1.20. The minimum absolute atomic E-state index is 0.0599. The molecule has 2 saturated heterocycles. The van der Waals surface area contributed by atoms with Gasteiger partial charge in [-0.25, -0.2) is 4.79 Å². The largest absolute Gasteiger partial charge is 0.479 e. The lowest BCUT2D eigenvalue weighted by molar-refractivity contribution is -0.162. The Labute approximate surface area is 105 Å². The Bertz CT molecular complexity index is 335. The molecule has 0 radical (unpaired) electrons. The Morgan fingerprint density at radius 3 is 2.72 bits per heavy atom. The molecule has 7 heteroatoms. The van der Waals surface area contributed by atoms with Gasteiger partial charge in [0.25, 0.3) is 5.91 Å². The van der Waals surface area contributed by atoms with E-state index in [0.29, 0.717) is 19.5 Å². The van der Waals surface area contributed by atoms with Crippen LogP contribution in [0.5, 0.6) is 0 Å². The molecule has 18 heavy (non-hydrogen) atoms. The van der Waals surface area contributed by atoms with Crippen molar-refractivity contribution in [1.82, 2.24) is 4.90 Å². The number of ether oxygens (including phenoxy) is 2. The summed E-state index contributed by atoms with van der Waals surface area (Å²) in [5.41, 5.74) is 5.49. The molecule has 102 valence electrons. The number of carboxylic acids is 1. The summed E-state index contributed by atoms with van der Waals surface area (Å²) in [6.07, 6.45) is -0.0502. The van der Waals surface area contributed by atoms with Crippen LogP contribution in [-0.2, 0) is 19.1 Å². The first-order valence-electron chi connectivity index (χ1n) is 6.10. The summed E-state index contributed by atoms with van der Waals surface area (Å²) < 4.78 is 10.6. The van der Waals surface area contributed by atoms with Crippen molar-refractivity contribution in [2.45, 2.75) is 31.2 Å². The number of carbonyl (C=O) groups excluding carboxylic acids is 1. The van der Waals surface area contributed by atoms with Crippen molar-refractivity contribution in [3.8, 4) is 0 Å². The Morgan fingerprint density at radius 2 is 2.11 bits per heavy atom. The third-order valence-corrected chi connectivity index (χ3v) is 3.30. The van der Waals surface area contributed by atoms with E-state index in [4.69, 9.17) is 20.3 Å². The van der Waals surface area contributed by atoms with Gasteiger partial charge in [-0.2, -0.15) is 0 Å². The second-order valence-electron chi connectivity index (χ2n) is 4.54. The number of rotatable bonds is 3. The standard InChI is InChI=1S/C11H18N2O5/c12-5-7-1-2-8(18-7)10(14)13-3-4-17-9(6-13)11(15)16/h7-9H,1-6,12H2,(H,15,16). The second kappa shape index (κ2) is 5.64. The zero-order valence-electron chi connectivity index (χ0n) is 10.1. The number of morpholine rings is 1. The van der Waals surface area contributed by atoms with E-state index in [9.17, 15) is 9.59 Å². The zero-order valence-corrected chi connectivity index (χ0v) is 10.1. The van der Waals surface area contributed by atoms with E-state index in [1.807, 2.05) is 0 Å². The molecule has 2 heterocycles. The maximum Gasteiger partial charge on any atom is 0.334 e. The van der Waals surface area contributed by atoms with Gasteiger partial charge in [0.15, 0.2) is 6.10 Å². The Kier molecular flexibility index (Phi) is 4.15.